The Kier molecular flexibility index (Phi) is 3.40. The van der Waals surface area contributed by atoms with Crippen molar-refractivity contribution in [2.75, 3.05) is 0 Å². The van der Waals surface area contributed by atoms with Crippen LogP contribution in [0.5, 0.6) is 0 Å². The molecule has 0 saturated carbocycles. The van der Waals surface area contributed by atoms with Gasteiger partial charge in [0.05, 0.1) is 0 Å². The molecule has 0 N–H and O–H groups in total. The lowest BCUT2D eigenvalue weighted by molar-refractivity contribution is 0.148. The van der Waals surface area contributed by atoms with Crippen molar-refractivity contribution in [3.63, 3.8) is 0 Å². The Morgan fingerprint density at radius 1 is 1.31 bits per heavy atom. The molecule has 0 heterocycles. The molecule has 0 aliphatic carbocycles. The highest BCUT2D eigenvalue weighted by molar-refractivity contribution is 5.37. The van der Waals surface area contributed by atoms with Crippen molar-refractivity contribution in [2.24, 2.45) is 0 Å². The molecule has 0 amide bonds. The van der Waals surface area contributed by atoms with Gasteiger partial charge in [-0.05, 0) is 37.0 Å². The molecule has 0 nitrogen and oxygen atoms in total. The number of halogens is 2. The summed E-state index contributed by atoms with van der Waals surface area (Å²) in [5.41, 5.74) is 3.14. The van der Waals surface area contributed by atoms with Gasteiger partial charge in [-0.1, -0.05) is 18.2 Å². The molecule has 1 aromatic carbocycles. The van der Waals surface area contributed by atoms with Gasteiger partial charge in [0.25, 0.3) is 0 Å². The number of benzene rings is 1. The molecule has 0 spiro atoms. The first-order chi connectivity index (χ1) is 6.11. The van der Waals surface area contributed by atoms with E-state index in [1.54, 1.807) is 6.42 Å². The summed E-state index contributed by atoms with van der Waals surface area (Å²) < 4.78 is 23.8. The van der Waals surface area contributed by atoms with E-state index in [0.717, 1.165) is 16.7 Å². The number of alkyl halides is 2. The fourth-order valence-corrected chi connectivity index (χ4v) is 1.21. The standard InChI is InChI=1S/C11H13F2/c1-8-4-3-5-10(9(8)2)6-7-11(12)13/h3-6,11H,7H2,1-2H3. The quantitative estimate of drug-likeness (QED) is 0.672. The van der Waals surface area contributed by atoms with Crippen LogP contribution in [0.4, 0.5) is 8.78 Å². The van der Waals surface area contributed by atoms with Crippen LogP contribution in [0.1, 0.15) is 23.1 Å². The Labute approximate surface area is 77.6 Å². The predicted molar refractivity (Wildman–Crippen MR) is 49.9 cm³/mol. The molecule has 0 aliphatic rings. The maximum Gasteiger partial charge on any atom is 0.239 e. The summed E-state index contributed by atoms with van der Waals surface area (Å²) >= 11 is 0. The average Bonchev–Trinajstić information content (AvgIpc) is 2.07. The number of hydrogen-bond donors (Lipinski definition) is 0. The lowest BCUT2D eigenvalue weighted by Crippen LogP contribution is -1.95. The molecule has 2 heteroatoms. The van der Waals surface area contributed by atoms with Crippen LogP contribution in [0.15, 0.2) is 18.2 Å². The molecule has 0 atom stereocenters. The van der Waals surface area contributed by atoms with Crippen LogP contribution in [-0.4, -0.2) is 6.43 Å². The number of hydrogen-bond acceptors (Lipinski definition) is 0. The minimum atomic E-state index is -2.25. The van der Waals surface area contributed by atoms with Gasteiger partial charge < -0.3 is 0 Å². The third kappa shape index (κ3) is 2.79. The van der Waals surface area contributed by atoms with Crippen LogP contribution < -0.4 is 0 Å². The fourth-order valence-electron chi connectivity index (χ4n) is 1.21. The summed E-state index contributed by atoms with van der Waals surface area (Å²) in [4.78, 5) is 0. The van der Waals surface area contributed by atoms with Gasteiger partial charge in [-0.3, -0.25) is 0 Å². The Morgan fingerprint density at radius 3 is 2.62 bits per heavy atom. The summed E-state index contributed by atoms with van der Waals surface area (Å²) in [5, 5.41) is 0. The highest BCUT2D eigenvalue weighted by Crippen LogP contribution is 2.17. The second-order valence-electron chi connectivity index (χ2n) is 3.12. The van der Waals surface area contributed by atoms with E-state index < -0.39 is 6.43 Å². The normalized spacial score (nSPS) is 10.8. The Bertz CT molecular complexity index is 279. The van der Waals surface area contributed by atoms with E-state index >= 15 is 0 Å². The highest BCUT2D eigenvalue weighted by Gasteiger charge is 2.05. The number of aryl methyl sites for hydroxylation is 1. The van der Waals surface area contributed by atoms with E-state index in [9.17, 15) is 8.78 Å². The molecule has 0 fully saturated rings. The smallest absolute Gasteiger partial charge is 0.211 e. The number of rotatable bonds is 3. The van der Waals surface area contributed by atoms with Crippen molar-refractivity contribution in [1.82, 2.24) is 0 Å². The minimum Gasteiger partial charge on any atom is -0.211 e. The molecule has 1 radical (unpaired) electrons. The van der Waals surface area contributed by atoms with E-state index in [-0.39, 0.29) is 6.42 Å². The van der Waals surface area contributed by atoms with Gasteiger partial charge in [-0.15, -0.1) is 0 Å². The molecule has 71 valence electrons. The van der Waals surface area contributed by atoms with Crippen LogP contribution in [0, 0.1) is 20.3 Å². The summed E-state index contributed by atoms with van der Waals surface area (Å²) in [6, 6.07) is 5.74. The van der Waals surface area contributed by atoms with Crippen molar-refractivity contribution >= 4 is 0 Å². The lowest BCUT2D eigenvalue weighted by atomic mass is 10.00. The average molecular weight is 183 g/mol. The van der Waals surface area contributed by atoms with Gasteiger partial charge in [0.1, 0.15) is 0 Å². The zero-order valence-electron chi connectivity index (χ0n) is 7.85. The van der Waals surface area contributed by atoms with Crippen molar-refractivity contribution in [3.05, 3.63) is 41.3 Å². The molecule has 0 bridgehead atoms. The fraction of sp³-hybridized carbons (Fsp3) is 0.364. The van der Waals surface area contributed by atoms with E-state index in [2.05, 4.69) is 0 Å². The second-order valence-corrected chi connectivity index (χ2v) is 3.12. The maximum atomic E-state index is 11.9. The summed E-state index contributed by atoms with van der Waals surface area (Å²) in [5.74, 6) is 0. The van der Waals surface area contributed by atoms with Crippen LogP contribution >= 0.6 is 0 Å². The van der Waals surface area contributed by atoms with Crippen molar-refractivity contribution in [2.45, 2.75) is 26.7 Å². The summed E-state index contributed by atoms with van der Waals surface area (Å²) in [6.07, 6.45) is -0.822. The van der Waals surface area contributed by atoms with Crippen molar-refractivity contribution in [3.8, 4) is 0 Å². The molecule has 0 aromatic heterocycles. The first-order valence-electron chi connectivity index (χ1n) is 4.29. The van der Waals surface area contributed by atoms with Gasteiger partial charge in [0, 0.05) is 6.42 Å². The summed E-state index contributed by atoms with van der Waals surface area (Å²) in [6.45, 7) is 3.93. The third-order valence-electron chi connectivity index (χ3n) is 2.16. The third-order valence-corrected chi connectivity index (χ3v) is 2.16. The lowest BCUT2D eigenvalue weighted by Gasteiger charge is -2.07. The zero-order chi connectivity index (χ0) is 9.84. The SMILES string of the molecule is Cc1cccc([CH]CC(F)F)c1C. The maximum absolute atomic E-state index is 11.9. The first-order valence-corrected chi connectivity index (χ1v) is 4.29. The molecule has 13 heavy (non-hydrogen) atoms. The second kappa shape index (κ2) is 4.35. The molecule has 0 aliphatic heterocycles. The van der Waals surface area contributed by atoms with Crippen LogP contribution in [0.2, 0.25) is 0 Å². The Hall–Kier alpha value is -0.920. The zero-order valence-corrected chi connectivity index (χ0v) is 7.85. The van der Waals surface area contributed by atoms with E-state index in [1.807, 2.05) is 32.0 Å². The van der Waals surface area contributed by atoms with Gasteiger partial charge in [0.2, 0.25) is 6.43 Å². The summed E-state index contributed by atoms with van der Waals surface area (Å²) in [7, 11) is 0. The van der Waals surface area contributed by atoms with E-state index in [0.29, 0.717) is 0 Å². The first kappa shape index (κ1) is 10.2. The van der Waals surface area contributed by atoms with Crippen molar-refractivity contribution < 1.29 is 8.78 Å². The highest BCUT2D eigenvalue weighted by atomic mass is 19.3. The van der Waals surface area contributed by atoms with Crippen molar-refractivity contribution in [1.29, 1.82) is 0 Å². The minimum absolute atomic E-state index is 0.162. The van der Waals surface area contributed by atoms with Gasteiger partial charge >= 0.3 is 0 Å². The predicted octanol–water partition coefficient (Wildman–Crippen LogP) is 3.51. The van der Waals surface area contributed by atoms with Crippen LogP contribution in [-0.2, 0) is 0 Å². The topological polar surface area (TPSA) is 0 Å². The Morgan fingerprint density at radius 2 is 2.00 bits per heavy atom. The van der Waals surface area contributed by atoms with E-state index in [4.69, 9.17) is 0 Å². The van der Waals surface area contributed by atoms with E-state index in [1.165, 1.54) is 0 Å². The van der Waals surface area contributed by atoms with Gasteiger partial charge in [0.15, 0.2) is 0 Å². The van der Waals surface area contributed by atoms with Crippen LogP contribution in [0.25, 0.3) is 0 Å². The Balaban J connectivity index is 2.71. The molecular formula is C11H13F2. The van der Waals surface area contributed by atoms with Crippen LogP contribution in [0.3, 0.4) is 0 Å². The molecule has 0 saturated heterocycles. The molecule has 0 unspecified atom stereocenters. The molecule has 1 aromatic rings. The van der Waals surface area contributed by atoms with Gasteiger partial charge in [-0.2, -0.15) is 0 Å². The molecular weight excluding hydrogens is 170 g/mol. The van der Waals surface area contributed by atoms with Gasteiger partial charge in [-0.25, -0.2) is 8.78 Å². The molecule has 1 rings (SSSR count). The monoisotopic (exact) mass is 183 g/mol. The largest absolute Gasteiger partial charge is 0.239 e.